The first-order chi connectivity index (χ1) is 19.9. The van der Waals surface area contributed by atoms with Gasteiger partial charge in [-0.3, -0.25) is 29.3 Å². The molecule has 216 valence electrons. The number of piperidine rings is 2. The van der Waals surface area contributed by atoms with Crippen molar-refractivity contribution in [2.45, 2.75) is 31.6 Å². The number of benzene rings is 2. The Bertz CT molecular complexity index is 1410. The molecule has 1 unspecified atom stereocenters. The topological polar surface area (TPSA) is 100 Å². The summed E-state index contributed by atoms with van der Waals surface area (Å²) in [5.74, 6) is 0.288. The van der Waals surface area contributed by atoms with Gasteiger partial charge in [0.1, 0.15) is 5.75 Å². The summed E-state index contributed by atoms with van der Waals surface area (Å²) in [4.78, 5) is 43.7. The van der Waals surface area contributed by atoms with Crippen LogP contribution in [0.1, 0.15) is 37.3 Å². The number of ether oxygens (including phenoxy) is 1. The predicted molar refractivity (Wildman–Crippen MR) is 156 cm³/mol. The molecule has 3 aliphatic rings. The fourth-order valence-corrected chi connectivity index (χ4v) is 6.36. The monoisotopic (exact) mass is 558 g/mol. The van der Waals surface area contributed by atoms with Crippen molar-refractivity contribution in [3.8, 4) is 5.75 Å². The van der Waals surface area contributed by atoms with Crippen LogP contribution in [0.25, 0.3) is 10.9 Å². The van der Waals surface area contributed by atoms with Gasteiger partial charge < -0.3 is 14.5 Å². The molecule has 3 aromatic rings. The minimum absolute atomic E-state index is 0.00449. The summed E-state index contributed by atoms with van der Waals surface area (Å²) in [5, 5.41) is 7.83. The Hall–Kier alpha value is -3.92. The summed E-state index contributed by atoms with van der Waals surface area (Å²) in [5.41, 5.74) is 2.80. The molecule has 3 aliphatic heterocycles. The third-order valence-electron chi connectivity index (χ3n) is 8.76. The Kier molecular flexibility index (Phi) is 7.91. The lowest BCUT2D eigenvalue weighted by atomic mass is 9.93. The number of aromatic nitrogens is 2. The van der Waals surface area contributed by atoms with E-state index in [1.165, 1.54) is 18.5 Å². The number of hydrogen-bond donors (Lipinski definition) is 1. The second-order valence-electron chi connectivity index (χ2n) is 11.4. The van der Waals surface area contributed by atoms with Crippen LogP contribution in [-0.4, -0.2) is 89.7 Å². The molecule has 1 atom stereocenters. The average Bonchev–Trinajstić information content (AvgIpc) is 3.32. The molecular weight excluding hydrogens is 520 g/mol. The van der Waals surface area contributed by atoms with Crippen molar-refractivity contribution in [2.75, 3.05) is 57.3 Å². The van der Waals surface area contributed by atoms with Crippen molar-refractivity contribution in [2.24, 2.45) is 13.0 Å². The Morgan fingerprint density at radius 2 is 1.73 bits per heavy atom. The number of imide groups is 1. The molecule has 2 aromatic carbocycles. The normalized spacial score (nSPS) is 20.9. The van der Waals surface area contributed by atoms with Crippen molar-refractivity contribution < 1.29 is 19.1 Å². The van der Waals surface area contributed by atoms with E-state index in [-0.39, 0.29) is 24.3 Å². The number of amides is 3. The molecule has 1 N–H and O–H groups in total. The number of carbonyl (C=O) groups excluding carboxylic acids is 3. The van der Waals surface area contributed by atoms with E-state index >= 15 is 0 Å². The van der Waals surface area contributed by atoms with Gasteiger partial charge in [0.2, 0.25) is 11.8 Å². The zero-order valence-corrected chi connectivity index (χ0v) is 23.6. The van der Waals surface area contributed by atoms with Gasteiger partial charge in [-0.25, -0.2) is 0 Å². The van der Waals surface area contributed by atoms with E-state index in [2.05, 4.69) is 50.5 Å². The number of piperazine rings is 1. The van der Waals surface area contributed by atoms with E-state index < -0.39 is 5.92 Å². The largest absolute Gasteiger partial charge is 0.484 e. The van der Waals surface area contributed by atoms with E-state index in [1.54, 1.807) is 4.68 Å². The molecule has 0 spiro atoms. The first kappa shape index (κ1) is 27.3. The minimum atomic E-state index is -0.453. The number of anilines is 1. The zero-order valence-electron chi connectivity index (χ0n) is 23.6. The lowest BCUT2D eigenvalue weighted by Crippen LogP contribution is -2.51. The lowest BCUT2D eigenvalue weighted by molar-refractivity contribution is -0.135. The van der Waals surface area contributed by atoms with E-state index in [9.17, 15) is 14.4 Å². The van der Waals surface area contributed by atoms with Gasteiger partial charge >= 0.3 is 0 Å². The standard InChI is InChI=1S/C31H38N6O4/c1-34-27-19-24(7-8-25(27)30(33-34)26-9-10-28(38)32-31(26)40)41-21-29(39)37-17-15-35(16-18-37)20-22-11-13-36(14-12-22)23-5-3-2-4-6-23/h2-8,19,22,26H,9-18,20-21H2,1H3,(H,32,38,40). The van der Waals surface area contributed by atoms with Gasteiger partial charge in [0.25, 0.3) is 5.91 Å². The van der Waals surface area contributed by atoms with E-state index in [0.29, 0.717) is 30.2 Å². The molecule has 6 rings (SSSR count). The van der Waals surface area contributed by atoms with Crippen molar-refractivity contribution in [3.05, 3.63) is 54.2 Å². The van der Waals surface area contributed by atoms with Crippen molar-refractivity contribution in [1.29, 1.82) is 0 Å². The van der Waals surface area contributed by atoms with Crippen LogP contribution in [0.4, 0.5) is 5.69 Å². The van der Waals surface area contributed by atoms with Crippen molar-refractivity contribution >= 4 is 34.3 Å². The number of aryl methyl sites for hydroxylation is 1. The second kappa shape index (κ2) is 11.9. The first-order valence-electron chi connectivity index (χ1n) is 14.7. The van der Waals surface area contributed by atoms with Crippen LogP contribution in [-0.2, 0) is 21.4 Å². The molecule has 3 saturated heterocycles. The highest BCUT2D eigenvalue weighted by Crippen LogP contribution is 2.32. The minimum Gasteiger partial charge on any atom is -0.484 e. The number of nitrogens with one attached hydrogen (secondary N) is 1. The van der Waals surface area contributed by atoms with Crippen molar-refractivity contribution in [1.82, 2.24) is 24.9 Å². The fraction of sp³-hybridized carbons (Fsp3) is 0.484. The van der Waals surface area contributed by atoms with Gasteiger partial charge in [0.15, 0.2) is 6.61 Å². The van der Waals surface area contributed by atoms with E-state index in [0.717, 1.165) is 56.7 Å². The molecule has 3 amide bonds. The quantitative estimate of drug-likeness (QED) is 0.445. The maximum atomic E-state index is 12.9. The number of fused-ring (bicyclic) bond motifs is 1. The van der Waals surface area contributed by atoms with E-state index in [4.69, 9.17) is 4.74 Å². The molecule has 1 aromatic heterocycles. The van der Waals surface area contributed by atoms with Crippen LogP contribution >= 0.6 is 0 Å². The molecule has 41 heavy (non-hydrogen) atoms. The zero-order chi connectivity index (χ0) is 28.3. The predicted octanol–water partition coefficient (Wildman–Crippen LogP) is 2.53. The van der Waals surface area contributed by atoms with Crippen LogP contribution in [0.15, 0.2) is 48.5 Å². The molecule has 0 saturated carbocycles. The summed E-state index contributed by atoms with van der Waals surface area (Å²) in [6.45, 7) is 6.54. The van der Waals surface area contributed by atoms with Crippen LogP contribution in [0, 0.1) is 5.92 Å². The molecule has 0 bridgehead atoms. The molecule has 0 aliphatic carbocycles. The Morgan fingerprint density at radius 3 is 2.46 bits per heavy atom. The summed E-state index contributed by atoms with van der Waals surface area (Å²) < 4.78 is 7.61. The Morgan fingerprint density at radius 1 is 0.976 bits per heavy atom. The summed E-state index contributed by atoms with van der Waals surface area (Å²) >= 11 is 0. The van der Waals surface area contributed by atoms with Crippen LogP contribution in [0.5, 0.6) is 5.75 Å². The van der Waals surface area contributed by atoms with Crippen molar-refractivity contribution in [3.63, 3.8) is 0 Å². The number of para-hydroxylation sites is 1. The molecule has 4 heterocycles. The van der Waals surface area contributed by atoms with Gasteiger partial charge in [-0.05, 0) is 49.4 Å². The summed E-state index contributed by atoms with van der Waals surface area (Å²) in [7, 11) is 1.82. The SMILES string of the molecule is Cn1nc(C2CCC(=O)NC2=O)c2ccc(OCC(=O)N3CCN(CC4CCN(c5ccccc5)CC4)CC3)cc21. The molecule has 3 fully saturated rings. The number of nitrogens with zero attached hydrogens (tertiary/aromatic N) is 5. The number of hydrogen-bond acceptors (Lipinski definition) is 7. The molecular formula is C31H38N6O4. The maximum Gasteiger partial charge on any atom is 0.260 e. The highest BCUT2D eigenvalue weighted by molar-refractivity contribution is 6.02. The fourth-order valence-electron chi connectivity index (χ4n) is 6.36. The Labute approximate surface area is 240 Å². The van der Waals surface area contributed by atoms with Gasteiger partial charge in [-0.2, -0.15) is 5.10 Å². The maximum absolute atomic E-state index is 12.9. The number of rotatable bonds is 7. The lowest BCUT2D eigenvalue weighted by Gasteiger charge is -2.39. The summed E-state index contributed by atoms with van der Waals surface area (Å²) in [6, 6.07) is 16.2. The number of carbonyl (C=O) groups is 3. The van der Waals surface area contributed by atoms with E-state index in [1.807, 2.05) is 30.1 Å². The van der Waals surface area contributed by atoms with Gasteiger partial charge in [-0.15, -0.1) is 0 Å². The van der Waals surface area contributed by atoms with Crippen LogP contribution in [0.2, 0.25) is 0 Å². The highest BCUT2D eigenvalue weighted by Gasteiger charge is 2.32. The van der Waals surface area contributed by atoms with Gasteiger partial charge in [-0.1, -0.05) is 18.2 Å². The van der Waals surface area contributed by atoms with Crippen LogP contribution in [0.3, 0.4) is 0 Å². The third kappa shape index (κ3) is 6.07. The second-order valence-corrected chi connectivity index (χ2v) is 11.4. The average molecular weight is 559 g/mol. The highest BCUT2D eigenvalue weighted by atomic mass is 16.5. The first-order valence-corrected chi connectivity index (χ1v) is 14.7. The molecule has 10 nitrogen and oxygen atoms in total. The van der Waals surface area contributed by atoms with Crippen LogP contribution < -0.4 is 15.0 Å². The molecule has 10 heteroatoms. The smallest absolute Gasteiger partial charge is 0.260 e. The summed E-state index contributed by atoms with van der Waals surface area (Å²) in [6.07, 6.45) is 3.17. The van der Waals surface area contributed by atoms with Gasteiger partial charge in [0.05, 0.1) is 17.1 Å². The Balaban J connectivity index is 0.966. The van der Waals surface area contributed by atoms with Gasteiger partial charge in [0, 0.05) is 76.4 Å². The molecule has 0 radical (unpaired) electrons. The third-order valence-corrected chi connectivity index (χ3v) is 8.76.